The molecule has 232 valence electrons. The van der Waals surface area contributed by atoms with E-state index < -0.39 is 11.6 Å². The van der Waals surface area contributed by atoms with E-state index in [0.717, 1.165) is 48.3 Å². The molecule has 1 saturated heterocycles. The van der Waals surface area contributed by atoms with Crippen LogP contribution in [0.1, 0.15) is 87.1 Å². The Hall–Kier alpha value is -2.84. The van der Waals surface area contributed by atoms with Crippen LogP contribution in [-0.4, -0.2) is 46.7 Å². The van der Waals surface area contributed by atoms with Gasteiger partial charge in [0.25, 0.3) is 5.91 Å². The van der Waals surface area contributed by atoms with E-state index >= 15 is 0 Å². The fourth-order valence-corrected chi connectivity index (χ4v) is 6.60. The monoisotopic (exact) mass is 629 g/mol. The smallest absolute Gasteiger partial charge is 0.253 e. The Balaban J connectivity index is 1.46. The first kappa shape index (κ1) is 31.6. The fraction of sp³-hybridized carbons (Fsp3) is 0.545. The number of halogens is 3. The zero-order valence-corrected chi connectivity index (χ0v) is 27.2. The maximum atomic E-state index is 14.3. The number of aryl methyl sites for hydroxylation is 1. The molecule has 0 radical (unpaired) electrons. The van der Waals surface area contributed by atoms with Crippen LogP contribution in [0, 0.1) is 11.3 Å². The molecular formula is C33H42Cl2FN5O2. The van der Waals surface area contributed by atoms with Gasteiger partial charge >= 0.3 is 0 Å². The molecule has 1 atom stereocenters. The molecule has 2 heterocycles. The molecule has 0 bridgehead atoms. The lowest BCUT2D eigenvalue weighted by Crippen LogP contribution is -2.38. The van der Waals surface area contributed by atoms with E-state index in [0.29, 0.717) is 52.0 Å². The van der Waals surface area contributed by atoms with Crippen molar-refractivity contribution in [2.75, 3.05) is 18.0 Å². The number of anilines is 1. The molecule has 2 aliphatic rings. The third kappa shape index (κ3) is 6.96. The number of carbonyl (C=O) groups is 2. The summed E-state index contributed by atoms with van der Waals surface area (Å²) in [5.74, 6) is 1.20. The van der Waals surface area contributed by atoms with Gasteiger partial charge in [-0.05, 0) is 67.3 Å². The molecule has 2 aromatic carbocycles. The number of carbonyl (C=O) groups excluding carboxylic acids is 2. The topological polar surface area (TPSA) is 79.3 Å². The Morgan fingerprint density at radius 1 is 1.09 bits per heavy atom. The van der Waals surface area contributed by atoms with Crippen LogP contribution in [0.4, 0.5) is 10.1 Å². The van der Waals surface area contributed by atoms with Crippen LogP contribution in [0.25, 0.3) is 11.0 Å². The minimum absolute atomic E-state index is 0.0683. The van der Waals surface area contributed by atoms with Crippen molar-refractivity contribution in [1.29, 1.82) is 0 Å². The quantitative estimate of drug-likeness (QED) is 0.295. The van der Waals surface area contributed by atoms with Gasteiger partial charge in [0.1, 0.15) is 12.0 Å². The van der Waals surface area contributed by atoms with E-state index in [9.17, 15) is 14.0 Å². The third-order valence-electron chi connectivity index (χ3n) is 8.88. The number of amides is 2. The number of alkyl halides is 1. The number of imidazole rings is 1. The highest BCUT2D eigenvalue weighted by molar-refractivity contribution is 6.36. The first-order chi connectivity index (χ1) is 20.3. The molecule has 0 unspecified atom stereocenters. The molecule has 3 aromatic rings. The van der Waals surface area contributed by atoms with Crippen molar-refractivity contribution < 1.29 is 14.0 Å². The summed E-state index contributed by atoms with van der Waals surface area (Å²) in [5.41, 5.74) is 3.75. The summed E-state index contributed by atoms with van der Waals surface area (Å²) in [4.78, 5) is 33.0. The molecule has 1 saturated carbocycles. The number of nitrogens with one attached hydrogen (secondary N) is 2. The zero-order chi connectivity index (χ0) is 31.1. The number of nitrogens with zero attached hydrogens (tertiary/aromatic N) is 3. The summed E-state index contributed by atoms with van der Waals surface area (Å²) in [5, 5.41) is 7.20. The van der Waals surface area contributed by atoms with Crippen LogP contribution in [0.15, 0.2) is 24.3 Å². The number of benzene rings is 2. The highest BCUT2D eigenvalue weighted by atomic mass is 35.5. The van der Waals surface area contributed by atoms with Gasteiger partial charge in [-0.2, -0.15) is 0 Å². The van der Waals surface area contributed by atoms with E-state index in [1.807, 2.05) is 55.5 Å². The van der Waals surface area contributed by atoms with Crippen molar-refractivity contribution in [1.82, 2.24) is 20.2 Å². The summed E-state index contributed by atoms with van der Waals surface area (Å²) in [6.45, 7) is 8.95. The lowest BCUT2D eigenvalue weighted by atomic mass is 9.87. The van der Waals surface area contributed by atoms with Gasteiger partial charge < -0.3 is 20.1 Å². The van der Waals surface area contributed by atoms with Crippen molar-refractivity contribution in [2.45, 2.75) is 85.0 Å². The Bertz CT molecular complexity index is 1520. The standard InChI is InChI=1S/C33H42Cl2FN5O2/c1-19-6-9-22(10-7-19)38-31(42)24-14-26-28(16-27(24)41-13-12-21(36)18-41)40(5)29(39-26)15-23-25(34)11-8-20(30(23)35)17-37-32(43)33(2,3)4/h8,11,14,16,19,21-22H,6-7,9-10,12-13,15,17-18H2,1-5H3,(H,37,43)(H,38,42)/t19?,21-,22?/m0/s1. The average molecular weight is 631 g/mol. The predicted octanol–water partition coefficient (Wildman–Crippen LogP) is 6.99. The maximum Gasteiger partial charge on any atom is 0.253 e. The van der Waals surface area contributed by atoms with E-state index in [1.165, 1.54) is 0 Å². The van der Waals surface area contributed by atoms with E-state index in [1.54, 1.807) is 6.07 Å². The molecule has 2 fully saturated rings. The van der Waals surface area contributed by atoms with Crippen molar-refractivity contribution in [3.8, 4) is 0 Å². The SMILES string of the molecule is CC1CCC(NC(=O)c2cc3nc(Cc4c(Cl)ccc(CNC(=O)C(C)(C)C)c4Cl)n(C)c3cc2N2CC[C@H](F)C2)CC1. The van der Waals surface area contributed by atoms with Gasteiger partial charge in [0, 0.05) is 49.6 Å². The number of rotatable bonds is 7. The summed E-state index contributed by atoms with van der Waals surface area (Å²) in [6.07, 6.45) is 4.02. The van der Waals surface area contributed by atoms with E-state index in [-0.39, 0.29) is 30.9 Å². The number of aromatic nitrogens is 2. The molecule has 5 rings (SSSR count). The van der Waals surface area contributed by atoms with Gasteiger partial charge in [-0.25, -0.2) is 9.37 Å². The van der Waals surface area contributed by atoms with Gasteiger partial charge in [-0.3, -0.25) is 9.59 Å². The lowest BCUT2D eigenvalue weighted by Gasteiger charge is -2.28. The normalized spacial score (nSPS) is 20.9. The number of hydrogen-bond acceptors (Lipinski definition) is 4. The second kappa shape index (κ2) is 12.6. The van der Waals surface area contributed by atoms with Gasteiger partial charge in [-0.1, -0.05) is 57.0 Å². The van der Waals surface area contributed by atoms with Crippen LogP contribution in [0.3, 0.4) is 0 Å². The molecule has 7 nitrogen and oxygen atoms in total. The highest BCUT2D eigenvalue weighted by Gasteiger charge is 2.29. The summed E-state index contributed by atoms with van der Waals surface area (Å²) in [7, 11) is 1.93. The molecular weight excluding hydrogens is 588 g/mol. The van der Waals surface area contributed by atoms with Crippen molar-refractivity contribution in [2.24, 2.45) is 18.4 Å². The predicted molar refractivity (Wildman–Crippen MR) is 172 cm³/mol. The summed E-state index contributed by atoms with van der Waals surface area (Å²) < 4.78 is 16.3. The second-order valence-corrected chi connectivity index (χ2v) is 14.1. The molecule has 2 N–H and O–H groups in total. The van der Waals surface area contributed by atoms with E-state index in [4.69, 9.17) is 28.2 Å². The molecule has 1 aliphatic heterocycles. The fourth-order valence-electron chi connectivity index (χ4n) is 6.03. The van der Waals surface area contributed by atoms with Gasteiger partial charge in [-0.15, -0.1) is 0 Å². The van der Waals surface area contributed by atoms with Crippen LogP contribution in [-0.2, 0) is 24.8 Å². The van der Waals surface area contributed by atoms with Gasteiger partial charge in [0.2, 0.25) is 5.91 Å². The van der Waals surface area contributed by atoms with Crippen molar-refractivity contribution in [3.63, 3.8) is 0 Å². The maximum absolute atomic E-state index is 14.3. The first-order valence-corrected chi connectivity index (χ1v) is 16.0. The Morgan fingerprint density at radius 2 is 1.81 bits per heavy atom. The second-order valence-electron chi connectivity index (χ2n) is 13.3. The molecule has 10 heteroatoms. The number of fused-ring (bicyclic) bond motifs is 1. The molecule has 2 amide bonds. The minimum atomic E-state index is -0.918. The molecule has 1 aliphatic carbocycles. The molecule has 0 spiro atoms. The Kier molecular flexibility index (Phi) is 9.29. The van der Waals surface area contributed by atoms with Gasteiger partial charge in [0.05, 0.1) is 27.3 Å². The summed E-state index contributed by atoms with van der Waals surface area (Å²) >= 11 is 13.5. The summed E-state index contributed by atoms with van der Waals surface area (Å²) in [6, 6.07) is 7.55. The van der Waals surface area contributed by atoms with Crippen LogP contribution < -0.4 is 15.5 Å². The van der Waals surface area contributed by atoms with Crippen LogP contribution in [0.5, 0.6) is 0 Å². The molecule has 43 heavy (non-hydrogen) atoms. The zero-order valence-electron chi connectivity index (χ0n) is 25.7. The largest absolute Gasteiger partial charge is 0.368 e. The first-order valence-electron chi connectivity index (χ1n) is 15.2. The van der Waals surface area contributed by atoms with Crippen molar-refractivity contribution >= 4 is 51.7 Å². The molecule has 1 aromatic heterocycles. The van der Waals surface area contributed by atoms with E-state index in [2.05, 4.69) is 17.6 Å². The average Bonchev–Trinajstić information content (AvgIpc) is 3.52. The van der Waals surface area contributed by atoms with Gasteiger partial charge in [0.15, 0.2) is 0 Å². The van der Waals surface area contributed by atoms with Crippen molar-refractivity contribution in [3.05, 3.63) is 56.8 Å². The highest BCUT2D eigenvalue weighted by Crippen LogP contribution is 2.34. The van der Waals surface area contributed by atoms with Crippen LogP contribution in [0.2, 0.25) is 10.0 Å². The Labute approximate surface area is 263 Å². The Morgan fingerprint density at radius 3 is 2.47 bits per heavy atom. The minimum Gasteiger partial charge on any atom is -0.368 e. The lowest BCUT2D eigenvalue weighted by molar-refractivity contribution is -0.128. The number of hydrogen-bond donors (Lipinski definition) is 2. The van der Waals surface area contributed by atoms with Crippen LogP contribution >= 0.6 is 23.2 Å². The third-order valence-corrected chi connectivity index (χ3v) is 9.70.